The fraction of sp³-hybridized carbons (Fsp3) is 0.0833. The van der Waals surface area contributed by atoms with Crippen molar-refractivity contribution >= 4 is 23.3 Å². The Kier molecular flexibility index (Phi) is 3.86. The van der Waals surface area contributed by atoms with Crippen LogP contribution in [0.5, 0.6) is 5.75 Å². The third-order valence-electron chi connectivity index (χ3n) is 2.36. The zero-order chi connectivity index (χ0) is 13.8. The van der Waals surface area contributed by atoms with Gasteiger partial charge in [-0.1, -0.05) is 11.8 Å². The highest BCUT2D eigenvalue weighted by atomic mass is 32.2. The van der Waals surface area contributed by atoms with Gasteiger partial charge in [-0.3, -0.25) is 10.1 Å². The second kappa shape index (κ2) is 5.57. The van der Waals surface area contributed by atoms with Crippen molar-refractivity contribution in [1.82, 2.24) is 4.98 Å². The standard InChI is InChI=1S/C12H11N3O3S/c1-18-8-2-4-9(5-3-8)19-11-7-6-10(15(16)17)12(13)14-11/h2-7H,1H3,(H2,13,14). The summed E-state index contributed by atoms with van der Waals surface area (Å²) in [6.45, 7) is 0. The molecule has 0 saturated carbocycles. The van der Waals surface area contributed by atoms with Gasteiger partial charge in [0.2, 0.25) is 5.82 Å². The van der Waals surface area contributed by atoms with Crippen LogP contribution in [0.15, 0.2) is 46.3 Å². The molecule has 0 aliphatic heterocycles. The molecule has 0 unspecified atom stereocenters. The van der Waals surface area contributed by atoms with Crippen LogP contribution in [0, 0.1) is 10.1 Å². The average Bonchev–Trinajstić information content (AvgIpc) is 2.39. The summed E-state index contributed by atoms with van der Waals surface area (Å²) in [5, 5.41) is 11.2. The third-order valence-corrected chi connectivity index (χ3v) is 3.30. The summed E-state index contributed by atoms with van der Waals surface area (Å²) in [7, 11) is 1.60. The topological polar surface area (TPSA) is 91.3 Å². The van der Waals surface area contributed by atoms with E-state index in [9.17, 15) is 10.1 Å². The van der Waals surface area contributed by atoms with Gasteiger partial charge >= 0.3 is 5.69 Å². The molecule has 0 amide bonds. The van der Waals surface area contributed by atoms with Crippen LogP contribution < -0.4 is 10.5 Å². The van der Waals surface area contributed by atoms with Gasteiger partial charge in [0.25, 0.3) is 0 Å². The van der Waals surface area contributed by atoms with Crippen LogP contribution in [0.2, 0.25) is 0 Å². The molecule has 19 heavy (non-hydrogen) atoms. The van der Waals surface area contributed by atoms with E-state index in [2.05, 4.69) is 4.98 Å². The van der Waals surface area contributed by atoms with E-state index in [0.717, 1.165) is 10.6 Å². The second-order valence-electron chi connectivity index (χ2n) is 3.59. The minimum atomic E-state index is -0.551. The van der Waals surface area contributed by atoms with Gasteiger partial charge in [0.05, 0.1) is 12.0 Å². The summed E-state index contributed by atoms with van der Waals surface area (Å²) in [6.07, 6.45) is 0. The van der Waals surface area contributed by atoms with Gasteiger partial charge < -0.3 is 10.5 Å². The number of methoxy groups -OCH3 is 1. The highest BCUT2D eigenvalue weighted by molar-refractivity contribution is 7.99. The number of hydrogen-bond acceptors (Lipinski definition) is 6. The lowest BCUT2D eigenvalue weighted by atomic mass is 10.3. The highest BCUT2D eigenvalue weighted by Gasteiger charge is 2.13. The van der Waals surface area contributed by atoms with E-state index in [-0.39, 0.29) is 11.5 Å². The maximum atomic E-state index is 10.6. The molecule has 0 bridgehead atoms. The molecular weight excluding hydrogens is 266 g/mol. The van der Waals surface area contributed by atoms with Crippen molar-refractivity contribution in [2.75, 3.05) is 12.8 Å². The van der Waals surface area contributed by atoms with Gasteiger partial charge in [0.1, 0.15) is 10.8 Å². The Labute approximate surface area is 113 Å². The number of benzene rings is 1. The van der Waals surface area contributed by atoms with Crippen LogP contribution in [-0.2, 0) is 0 Å². The zero-order valence-corrected chi connectivity index (χ0v) is 10.9. The number of rotatable bonds is 4. The average molecular weight is 277 g/mol. The second-order valence-corrected chi connectivity index (χ2v) is 4.68. The Morgan fingerprint density at radius 2 is 1.95 bits per heavy atom. The SMILES string of the molecule is COc1ccc(Sc2ccc([N+](=O)[O-])c(N)n2)cc1. The monoisotopic (exact) mass is 277 g/mol. The molecule has 7 heteroatoms. The Hall–Kier alpha value is -2.28. The molecule has 0 saturated heterocycles. The summed E-state index contributed by atoms with van der Waals surface area (Å²) < 4.78 is 5.06. The van der Waals surface area contributed by atoms with Crippen molar-refractivity contribution < 1.29 is 9.66 Å². The molecule has 2 aromatic rings. The number of nitro groups is 1. The van der Waals surface area contributed by atoms with Crippen molar-refractivity contribution in [3.63, 3.8) is 0 Å². The van der Waals surface area contributed by atoms with E-state index in [1.54, 1.807) is 13.2 Å². The predicted molar refractivity (Wildman–Crippen MR) is 72.4 cm³/mol. The fourth-order valence-electron chi connectivity index (χ4n) is 1.42. The van der Waals surface area contributed by atoms with Gasteiger partial charge in [-0.05, 0) is 30.3 Å². The lowest BCUT2D eigenvalue weighted by molar-refractivity contribution is -0.384. The summed E-state index contributed by atoms with van der Waals surface area (Å²) >= 11 is 1.37. The molecule has 0 radical (unpaired) electrons. The zero-order valence-electron chi connectivity index (χ0n) is 10.1. The number of aromatic nitrogens is 1. The van der Waals surface area contributed by atoms with Crippen molar-refractivity contribution in [3.8, 4) is 5.75 Å². The molecule has 0 spiro atoms. The van der Waals surface area contributed by atoms with Gasteiger partial charge in [-0.15, -0.1) is 0 Å². The van der Waals surface area contributed by atoms with Crippen LogP contribution in [0.4, 0.5) is 11.5 Å². The Morgan fingerprint density at radius 3 is 2.47 bits per heavy atom. The first kappa shape index (κ1) is 13.2. The largest absolute Gasteiger partial charge is 0.497 e. The number of nitrogens with two attached hydrogens (primary N) is 1. The van der Waals surface area contributed by atoms with Gasteiger partial charge in [-0.2, -0.15) is 0 Å². The Bertz CT molecular complexity index is 602. The molecule has 2 rings (SSSR count). The lowest BCUT2D eigenvalue weighted by Gasteiger charge is -2.04. The number of anilines is 1. The molecule has 0 aliphatic carbocycles. The lowest BCUT2D eigenvalue weighted by Crippen LogP contribution is -1.98. The van der Waals surface area contributed by atoms with Gasteiger partial charge in [0, 0.05) is 11.0 Å². The van der Waals surface area contributed by atoms with Crippen LogP contribution in [0.1, 0.15) is 0 Å². The smallest absolute Gasteiger partial charge is 0.311 e. The molecule has 1 aromatic carbocycles. The molecule has 2 N–H and O–H groups in total. The van der Waals surface area contributed by atoms with E-state index >= 15 is 0 Å². The number of nitrogens with zero attached hydrogens (tertiary/aromatic N) is 2. The first-order valence-corrected chi connectivity index (χ1v) is 6.14. The Balaban J connectivity index is 2.18. The number of pyridine rings is 1. The summed E-state index contributed by atoms with van der Waals surface area (Å²) in [5.74, 6) is 0.684. The predicted octanol–water partition coefficient (Wildman–Crippen LogP) is 2.73. The van der Waals surface area contributed by atoms with Crippen molar-refractivity contribution in [2.45, 2.75) is 9.92 Å². The molecule has 0 aliphatic rings. The maximum Gasteiger partial charge on any atom is 0.311 e. The van der Waals surface area contributed by atoms with E-state index in [0.29, 0.717) is 5.03 Å². The van der Waals surface area contributed by atoms with Crippen molar-refractivity contribution in [3.05, 3.63) is 46.5 Å². The van der Waals surface area contributed by atoms with Crippen LogP contribution in [0.3, 0.4) is 0 Å². The van der Waals surface area contributed by atoms with E-state index in [1.807, 2.05) is 24.3 Å². The fourth-order valence-corrected chi connectivity index (χ4v) is 2.22. The molecule has 0 atom stereocenters. The normalized spacial score (nSPS) is 10.2. The van der Waals surface area contributed by atoms with Crippen molar-refractivity contribution in [1.29, 1.82) is 0 Å². The first-order chi connectivity index (χ1) is 9.10. The summed E-state index contributed by atoms with van der Waals surface area (Å²) in [4.78, 5) is 15.0. The third kappa shape index (κ3) is 3.14. The van der Waals surface area contributed by atoms with Crippen LogP contribution in [0.25, 0.3) is 0 Å². The van der Waals surface area contributed by atoms with E-state index < -0.39 is 4.92 Å². The van der Waals surface area contributed by atoms with E-state index in [1.165, 1.54) is 17.8 Å². The first-order valence-electron chi connectivity index (χ1n) is 5.33. The van der Waals surface area contributed by atoms with Gasteiger partial charge in [0.15, 0.2) is 0 Å². The molecule has 1 heterocycles. The van der Waals surface area contributed by atoms with Crippen LogP contribution >= 0.6 is 11.8 Å². The van der Waals surface area contributed by atoms with Crippen LogP contribution in [-0.4, -0.2) is 17.0 Å². The van der Waals surface area contributed by atoms with Gasteiger partial charge in [-0.25, -0.2) is 4.98 Å². The van der Waals surface area contributed by atoms with Crippen molar-refractivity contribution in [2.24, 2.45) is 0 Å². The Morgan fingerprint density at radius 1 is 1.26 bits per heavy atom. The summed E-state index contributed by atoms with van der Waals surface area (Å²) in [5.41, 5.74) is 5.35. The minimum Gasteiger partial charge on any atom is -0.497 e. The molecular formula is C12H11N3O3S. The number of ether oxygens (including phenoxy) is 1. The number of nitrogen functional groups attached to an aromatic ring is 1. The molecule has 0 fully saturated rings. The molecule has 1 aromatic heterocycles. The van der Waals surface area contributed by atoms with E-state index in [4.69, 9.17) is 10.5 Å². The summed E-state index contributed by atoms with van der Waals surface area (Å²) in [6, 6.07) is 10.3. The highest BCUT2D eigenvalue weighted by Crippen LogP contribution is 2.30. The quantitative estimate of drug-likeness (QED) is 0.682. The molecule has 98 valence electrons. The number of hydrogen-bond donors (Lipinski definition) is 1. The minimum absolute atomic E-state index is 0.0801. The molecule has 6 nitrogen and oxygen atoms in total. The maximum absolute atomic E-state index is 10.6.